The van der Waals surface area contributed by atoms with Crippen LogP contribution >= 0.6 is 11.8 Å². The first kappa shape index (κ1) is 23.6. The van der Waals surface area contributed by atoms with Crippen molar-refractivity contribution in [3.8, 4) is 5.75 Å². The molecule has 1 saturated heterocycles. The van der Waals surface area contributed by atoms with Gasteiger partial charge in [-0.25, -0.2) is 9.78 Å². The molecule has 8 nitrogen and oxygen atoms in total. The Kier molecular flexibility index (Phi) is 7.98. The number of piperazine rings is 1. The third-order valence-electron chi connectivity index (χ3n) is 5.46. The van der Waals surface area contributed by atoms with Gasteiger partial charge in [-0.2, -0.15) is 0 Å². The summed E-state index contributed by atoms with van der Waals surface area (Å²) in [5, 5.41) is 8.87. The van der Waals surface area contributed by atoms with Gasteiger partial charge in [-0.1, -0.05) is 18.2 Å². The van der Waals surface area contributed by atoms with Crippen LogP contribution in [0.3, 0.4) is 0 Å². The lowest BCUT2D eigenvalue weighted by Crippen LogP contribution is -2.49. The van der Waals surface area contributed by atoms with Crippen LogP contribution < -0.4 is 9.64 Å². The predicted molar refractivity (Wildman–Crippen MR) is 130 cm³/mol. The molecule has 34 heavy (non-hydrogen) atoms. The molecule has 3 aromatic rings. The molecule has 1 aliphatic heterocycles. The molecule has 1 aromatic carbocycles. The van der Waals surface area contributed by atoms with E-state index in [4.69, 9.17) is 9.84 Å². The molecule has 2 aromatic heterocycles. The maximum Gasteiger partial charge on any atom is 0.415 e. The Hall–Kier alpha value is -3.59. The summed E-state index contributed by atoms with van der Waals surface area (Å²) in [4.78, 5) is 36.7. The Morgan fingerprint density at radius 1 is 0.941 bits per heavy atom. The van der Waals surface area contributed by atoms with Crippen LogP contribution in [0.4, 0.5) is 10.6 Å². The van der Waals surface area contributed by atoms with Crippen LogP contribution in [-0.4, -0.2) is 64.0 Å². The highest BCUT2D eigenvalue weighted by Gasteiger charge is 2.23. The van der Waals surface area contributed by atoms with Gasteiger partial charge in [0.25, 0.3) is 0 Å². The van der Waals surface area contributed by atoms with Crippen LogP contribution in [0.5, 0.6) is 5.75 Å². The molecule has 1 aliphatic rings. The van der Waals surface area contributed by atoms with Crippen LogP contribution in [0.1, 0.15) is 11.1 Å². The van der Waals surface area contributed by atoms with Crippen LogP contribution in [0.15, 0.2) is 72.0 Å². The average Bonchev–Trinajstić information content (AvgIpc) is 2.86. The van der Waals surface area contributed by atoms with Gasteiger partial charge in [0.1, 0.15) is 11.6 Å². The number of hydrogen-bond acceptors (Lipinski definition) is 7. The minimum absolute atomic E-state index is 0.0432. The van der Waals surface area contributed by atoms with Crippen molar-refractivity contribution in [1.82, 2.24) is 14.9 Å². The van der Waals surface area contributed by atoms with E-state index in [2.05, 4.69) is 14.9 Å². The minimum atomic E-state index is -0.878. The third kappa shape index (κ3) is 6.71. The summed E-state index contributed by atoms with van der Waals surface area (Å²) >= 11 is 1.79. The highest BCUT2D eigenvalue weighted by molar-refractivity contribution is 7.99. The molecule has 1 fully saturated rings. The molecule has 9 heteroatoms. The molecule has 3 heterocycles. The van der Waals surface area contributed by atoms with Gasteiger partial charge in [0.05, 0.1) is 6.42 Å². The zero-order chi connectivity index (χ0) is 23.8. The topological polar surface area (TPSA) is 95.9 Å². The number of aryl methyl sites for hydroxylation is 1. The number of carbonyl (C=O) groups excluding carboxylic acids is 1. The van der Waals surface area contributed by atoms with Gasteiger partial charge in [0.15, 0.2) is 0 Å². The number of aliphatic carboxylic acids is 1. The zero-order valence-electron chi connectivity index (χ0n) is 18.7. The molecule has 0 atom stereocenters. The maximum atomic E-state index is 12.6. The quantitative estimate of drug-likeness (QED) is 0.489. The lowest BCUT2D eigenvalue weighted by Gasteiger charge is -2.34. The summed E-state index contributed by atoms with van der Waals surface area (Å²) in [7, 11) is 0. The second kappa shape index (κ2) is 11.5. The number of carboxylic acids is 1. The first-order valence-corrected chi connectivity index (χ1v) is 12.1. The first-order valence-electron chi connectivity index (χ1n) is 11.1. The van der Waals surface area contributed by atoms with E-state index in [1.54, 1.807) is 41.3 Å². The van der Waals surface area contributed by atoms with E-state index in [0.29, 0.717) is 37.5 Å². The fourth-order valence-electron chi connectivity index (χ4n) is 3.61. The van der Waals surface area contributed by atoms with E-state index in [-0.39, 0.29) is 12.5 Å². The number of rotatable bonds is 8. The Labute approximate surface area is 202 Å². The van der Waals surface area contributed by atoms with Crippen molar-refractivity contribution in [2.24, 2.45) is 0 Å². The molecular weight excluding hydrogens is 452 g/mol. The number of nitrogens with zero attached hydrogens (tertiary/aromatic N) is 4. The fourth-order valence-corrected chi connectivity index (χ4v) is 4.50. The molecule has 0 radical (unpaired) electrons. The summed E-state index contributed by atoms with van der Waals surface area (Å²) < 4.78 is 5.56. The molecule has 0 unspecified atom stereocenters. The first-order chi connectivity index (χ1) is 16.6. The normalized spacial score (nSPS) is 13.5. The molecule has 0 bridgehead atoms. The van der Waals surface area contributed by atoms with Crippen LogP contribution in [-0.2, 0) is 17.6 Å². The van der Waals surface area contributed by atoms with Crippen molar-refractivity contribution in [2.45, 2.75) is 17.7 Å². The van der Waals surface area contributed by atoms with Crippen molar-refractivity contribution in [2.75, 3.05) is 36.8 Å². The van der Waals surface area contributed by atoms with Gasteiger partial charge >= 0.3 is 12.1 Å². The Bertz CT molecular complexity index is 1090. The lowest BCUT2D eigenvalue weighted by atomic mass is 10.2. The number of thioether (sulfide) groups is 1. The van der Waals surface area contributed by atoms with E-state index in [0.717, 1.165) is 18.0 Å². The third-order valence-corrected chi connectivity index (χ3v) is 6.48. The van der Waals surface area contributed by atoms with E-state index in [1.165, 1.54) is 10.5 Å². The van der Waals surface area contributed by atoms with Crippen LogP contribution in [0, 0.1) is 0 Å². The minimum Gasteiger partial charge on any atom is -0.481 e. The van der Waals surface area contributed by atoms with Gasteiger partial charge < -0.3 is 19.6 Å². The smallest absolute Gasteiger partial charge is 0.415 e. The molecule has 0 saturated carbocycles. The van der Waals surface area contributed by atoms with Crippen LogP contribution in [0.25, 0.3) is 0 Å². The van der Waals surface area contributed by atoms with Gasteiger partial charge in [-0.05, 0) is 47.9 Å². The van der Waals surface area contributed by atoms with Gasteiger partial charge in [0.2, 0.25) is 0 Å². The number of pyridine rings is 2. The predicted octanol–water partition coefficient (Wildman–Crippen LogP) is 3.76. The van der Waals surface area contributed by atoms with Gasteiger partial charge in [-0.3, -0.25) is 9.78 Å². The summed E-state index contributed by atoms with van der Waals surface area (Å²) in [6.07, 6.45) is 5.70. The number of ether oxygens (including phenoxy) is 1. The molecule has 0 spiro atoms. The maximum absolute atomic E-state index is 12.6. The second-order valence-corrected chi connectivity index (χ2v) is 9.03. The van der Waals surface area contributed by atoms with Gasteiger partial charge in [-0.15, -0.1) is 11.8 Å². The second-order valence-electron chi connectivity index (χ2n) is 7.86. The van der Waals surface area contributed by atoms with E-state index < -0.39 is 5.97 Å². The molecular formula is C25H26N4O4S. The standard InChI is InChI=1S/C25H26N4O4S/c30-24(31)17-20-3-6-23(27-18-20)28-12-14-29(15-13-28)25(32)33-21-4-1-19(2-5-21)9-16-34-22-7-10-26-11-8-22/h1-8,10-11,18H,9,12-17H2,(H,30,31). The van der Waals surface area contributed by atoms with E-state index in [9.17, 15) is 9.59 Å². The number of carbonyl (C=O) groups is 2. The summed E-state index contributed by atoms with van der Waals surface area (Å²) in [6, 6.07) is 15.3. The SMILES string of the molecule is O=C(O)Cc1ccc(N2CCN(C(=O)Oc3ccc(CCSc4ccncc4)cc3)CC2)nc1. The Morgan fingerprint density at radius 2 is 1.65 bits per heavy atom. The summed E-state index contributed by atoms with van der Waals surface area (Å²) in [6.45, 7) is 2.33. The highest BCUT2D eigenvalue weighted by Crippen LogP contribution is 2.20. The highest BCUT2D eigenvalue weighted by atomic mass is 32.2. The number of carboxylic acid groups (broad SMARTS) is 1. The Balaban J connectivity index is 1.21. The largest absolute Gasteiger partial charge is 0.481 e. The zero-order valence-corrected chi connectivity index (χ0v) is 19.5. The van der Waals surface area contributed by atoms with Crippen molar-refractivity contribution < 1.29 is 19.4 Å². The van der Waals surface area contributed by atoms with Crippen molar-refractivity contribution in [3.63, 3.8) is 0 Å². The van der Waals surface area contributed by atoms with E-state index >= 15 is 0 Å². The summed E-state index contributed by atoms with van der Waals surface area (Å²) in [5.41, 5.74) is 1.86. The lowest BCUT2D eigenvalue weighted by molar-refractivity contribution is -0.136. The number of anilines is 1. The number of aromatic nitrogens is 2. The van der Waals surface area contributed by atoms with Crippen molar-refractivity contribution in [3.05, 3.63) is 78.2 Å². The summed E-state index contributed by atoms with van der Waals surface area (Å²) in [5.74, 6) is 1.40. The fraction of sp³-hybridized carbons (Fsp3) is 0.280. The number of hydrogen-bond donors (Lipinski definition) is 1. The molecule has 176 valence electrons. The van der Waals surface area contributed by atoms with Gasteiger partial charge in [0, 0.05) is 55.4 Å². The van der Waals surface area contributed by atoms with E-state index in [1.807, 2.05) is 42.5 Å². The van der Waals surface area contributed by atoms with Crippen LogP contribution in [0.2, 0.25) is 0 Å². The van der Waals surface area contributed by atoms with Crippen molar-refractivity contribution >= 4 is 29.6 Å². The number of amides is 1. The Morgan fingerprint density at radius 3 is 2.29 bits per heavy atom. The van der Waals surface area contributed by atoms with Crippen molar-refractivity contribution in [1.29, 1.82) is 0 Å². The monoisotopic (exact) mass is 478 g/mol. The molecule has 4 rings (SSSR count). The number of benzene rings is 1. The average molecular weight is 479 g/mol. The molecule has 1 amide bonds. The molecule has 1 N–H and O–H groups in total. The molecule has 0 aliphatic carbocycles.